The summed E-state index contributed by atoms with van der Waals surface area (Å²) < 4.78 is 4.86. The summed E-state index contributed by atoms with van der Waals surface area (Å²) in [7, 11) is 0. The Morgan fingerprint density at radius 3 is 3.00 bits per heavy atom. The molecule has 2 heterocycles. The average molecular weight is 300 g/mol. The molecule has 2 rings (SSSR count). The van der Waals surface area contributed by atoms with E-state index in [2.05, 4.69) is 10.1 Å². The lowest BCUT2D eigenvalue weighted by atomic mass is 10.1. The van der Waals surface area contributed by atoms with E-state index in [1.165, 1.54) is 6.20 Å². The summed E-state index contributed by atoms with van der Waals surface area (Å²) in [5.74, 6) is -0.748. The molecule has 0 bridgehead atoms. The first kappa shape index (κ1) is 14.7. The topological polar surface area (TPSA) is 95.2 Å². The Hall–Kier alpha value is -1.70. The van der Waals surface area contributed by atoms with Gasteiger partial charge < -0.3 is 14.9 Å². The Kier molecular flexibility index (Phi) is 4.22. The SMILES string of the molecule is CCOC(=O)C1(O)CC(CO)=NN1c1ncccc1Cl. The van der Waals surface area contributed by atoms with Crippen LogP contribution in [-0.2, 0) is 9.53 Å². The largest absolute Gasteiger partial charge is 0.462 e. The molecule has 0 amide bonds. The Morgan fingerprint density at radius 1 is 1.65 bits per heavy atom. The fourth-order valence-corrected chi connectivity index (χ4v) is 2.07. The molecule has 8 heteroatoms. The fourth-order valence-electron chi connectivity index (χ4n) is 1.87. The van der Waals surface area contributed by atoms with Crippen molar-refractivity contribution in [3.63, 3.8) is 0 Å². The van der Waals surface area contributed by atoms with E-state index in [1.54, 1.807) is 19.1 Å². The molecule has 1 aliphatic heterocycles. The van der Waals surface area contributed by atoms with Crippen LogP contribution in [0.3, 0.4) is 0 Å². The number of aromatic nitrogens is 1. The molecule has 20 heavy (non-hydrogen) atoms. The van der Waals surface area contributed by atoms with Gasteiger partial charge >= 0.3 is 5.97 Å². The molecule has 108 valence electrons. The number of rotatable bonds is 4. The average Bonchev–Trinajstić information content (AvgIpc) is 2.78. The summed E-state index contributed by atoms with van der Waals surface area (Å²) in [5, 5.41) is 24.9. The van der Waals surface area contributed by atoms with E-state index < -0.39 is 11.7 Å². The van der Waals surface area contributed by atoms with Crippen molar-refractivity contribution in [3.05, 3.63) is 23.4 Å². The van der Waals surface area contributed by atoms with Gasteiger partial charge in [0.15, 0.2) is 5.82 Å². The van der Waals surface area contributed by atoms with Crippen LogP contribution in [0, 0.1) is 0 Å². The zero-order valence-corrected chi connectivity index (χ0v) is 11.5. The van der Waals surface area contributed by atoms with Crippen LogP contribution in [0.4, 0.5) is 5.82 Å². The highest BCUT2D eigenvalue weighted by Crippen LogP contribution is 2.34. The number of nitrogens with zero attached hydrogens (tertiary/aromatic N) is 3. The van der Waals surface area contributed by atoms with E-state index in [1.807, 2.05) is 0 Å². The van der Waals surface area contributed by atoms with Gasteiger partial charge in [0.25, 0.3) is 5.72 Å². The summed E-state index contributed by atoms with van der Waals surface area (Å²) in [6.07, 6.45) is 1.29. The lowest BCUT2D eigenvalue weighted by Crippen LogP contribution is -2.51. The third kappa shape index (κ3) is 2.47. The molecule has 1 aromatic heterocycles. The number of hydrogen-bond donors (Lipinski definition) is 2. The van der Waals surface area contributed by atoms with Gasteiger partial charge in [-0.05, 0) is 19.1 Å². The van der Waals surface area contributed by atoms with Crippen LogP contribution < -0.4 is 5.01 Å². The second kappa shape index (κ2) is 5.74. The van der Waals surface area contributed by atoms with E-state index in [0.29, 0.717) is 0 Å². The van der Waals surface area contributed by atoms with Gasteiger partial charge in [-0.3, -0.25) is 0 Å². The molecule has 0 fully saturated rings. The van der Waals surface area contributed by atoms with Crippen molar-refractivity contribution in [1.82, 2.24) is 4.98 Å². The number of pyridine rings is 1. The third-order valence-corrected chi connectivity index (χ3v) is 3.06. The fraction of sp³-hybridized carbons (Fsp3) is 0.417. The maximum Gasteiger partial charge on any atom is 0.362 e. The number of aliphatic hydroxyl groups excluding tert-OH is 1. The molecule has 0 saturated heterocycles. The summed E-state index contributed by atoms with van der Waals surface area (Å²) in [6.45, 7) is 1.35. The Balaban J connectivity index is 2.43. The van der Waals surface area contributed by atoms with Gasteiger partial charge in [0.2, 0.25) is 0 Å². The van der Waals surface area contributed by atoms with Crippen LogP contribution in [0.15, 0.2) is 23.4 Å². The van der Waals surface area contributed by atoms with Crippen LogP contribution >= 0.6 is 11.6 Å². The van der Waals surface area contributed by atoms with Crippen molar-refractivity contribution in [3.8, 4) is 0 Å². The molecule has 0 saturated carbocycles. The number of anilines is 1. The summed E-state index contributed by atoms with van der Waals surface area (Å²) in [6, 6.07) is 3.17. The number of carbonyl (C=O) groups excluding carboxylic acids is 1. The molecule has 0 aliphatic carbocycles. The molecule has 0 radical (unpaired) electrons. The van der Waals surface area contributed by atoms with Crippen molar-refractivity contribution in [1.29, 1.82) is 0 Å². The van der Waals surface area contributed by atoms with E-state index in [-0.39, 0.29) is 36.2 Å². The maximum absolute atomic E-state index is 12.0. The predicted octanol–water partition coefficient (Wildman–Crippen LogP) is 0.545. The van der Waals surface area contributed by atoms with Crippen LogP contribution in [-0.4, -0.2) is 45.8 Å². The molecule has 1 atom stereocenters. The summed E-state index contributed by atoms with van der Waals surface area (Å²) in [4.78, 5) is 16.0. The predicted molar refractivity (Wildman–Crippen MR) is 72.4 cm³/mol. The van der Waals surface area contributed by atoms with Gasteiger partial charge in [0.1, 0.15) is 0 Å². The monoisotopic (exact) mass is 299 g/mol. The Labute approximate surface area is 120 Å². The van der Waals surface area contributed by atoms with Crippen LogP contribution in [0.1, 0.15) is 13.3 Å². The number of hydrazone groups is 1. The van der Waals surface area contributed by atoms with Gasteiger partial charge in [-0.25, -0.2) is 14.8 Å². The Morgan fingerprint density at radius 2 is 2.40 bits per heavy atom. The van der Waals surface area contributed by atoms with Gasteiger partial charge in [-0.1, -0.05) is 11.6 Å². The Bertz CT molecular complexity index is 551. The second-order valence-corrected chi connectivity index (χ2v) is 4.57. The highest BCUT2D eigenvalue weighted by molar-refractivity contribution is 6.33. The standard InChI is InChI=1S/C12H14ClN3O4/c1-2-20-11(18)12(19)6-8(7-17)15-16(12)10-9(13)4-3-5-14-10/h3-5,17,19H,2,6-7H2,1H3. The zero-order valence-electron chi connectivity index (χ0n) is 10.8. The number of carbonyl (C=O) groups is 1. The van der Waals surface area contributed by atoms with Crippen LogP contribution in [0.5, 0.6) is 0 Å². The molecular formula is C12H14ClN3O4. The number of aliphatic hydroxyl groups is 2. The minimum absolute atomic E-state index is 0.111. The lowest BCUT2D eigenvalue weighted by Gasteiger charge is -2.29. The van der Waals surface area contributed by atoms with E-state index in [4.69, 9.17) is 21.4 Å². The lowest BCUT2D eigenvalue weighted by molar-refractivity contribution is -0.163. The van der Waals surface area contributed by atoms with E-state index in [0.717, 1.165) is 5.01 Å². The molecule has 1 unspecified atom stereocenters. The molecule has 7 nitrogen and oxygen atoms in total. The van der Waals surface area contributed by atoms with Crippen LogP contribution in [0.2, 0.25) is 5.02 Å². The summed E-state index contributed by atoms with van der Waals surface area (Å²) in [5.41, 5.74) is -1.81. The second-order valence-electron chi connectivity index (χ2n) is 4.16. The summed E-state index contributed by atoms with van der Waals surface area (Å²) >= 11 is 6.01. The van der Waals surface area contributed by atoms with E-state index >= 15 is 0 Å². The van der Waals surface area contributed by atoms with Crippen molar-refractivity contribution in [2.45, 2.75) is 19.1 Å². The number of esters is 1. The maximum atomic E-state index is 12.0. The van der Waals surface area contributed by atoms with Gasteiger partial charge in [-0.2, -0.15) is 5.10 Å². The van der Waals surface area contributed by atoms with Crippen molar-refractivity contribution >= 4 is 29.1 Å². The molecule has 2 N–H and O–H groups in total. The minimum atomic E-state index is -2.05. The first-order valence-electron chi connectivity index (χ1n) is 6.00. The third-order valence-electron chi connectivity index (χ3n) is 2.77. The highest BCUT2D eigenvalue weighted by atomic mass is 35.5. The first-order valence-corrected chi connectivity index (χ1v) is 6.38. The van der Waals surface area contributed by atoms with Gasteiger partial charge in [-0.15, -0.1) is 0 Å². The van der Waals surface area contributed by atoms with Crippen LogP contribution in [0.25, 0.3) is 0 Å². The van der Waals surface area contributed by atoms with Gasteiger partial charge in [0, 0.05) is 6.20 Å². The molecule has 1 aliphatic rings. The van der Waals surface area contributed by atoms with Crippen molar-refractivity contribution in [2.75, 3.05) is 18.2 Å². The zero-order chi connectivity index (χ0) is 14.8. The smallest absolute Gasteiger partial charge is 0.362 e. The molecular weight excluding hydrogens is 286 g/mol. The number of ether oxygens (including phenoxy) is 1. The molecule has 0 spiro atoms. The quantitative estimate of drug-likeness (QED) is 0.788. The normalized spacial score (nSPS) is 21.8. The number of hydrogen-bond acceptors (Lipinski definition) is 7. The molecule has 1 aromatic rings. The van der Waals surface area contributed by atoms with Crippen molar-refractivity contribution < 1.29 is 19.7 Å². The minimum Gasteiger partial charge on any atom is -0.462 e. The van der Waals surface area contributed by atoms with E-state index in [9.17, 15) is 9.90 Å². The van der Waals surface area contributed by atoms with Gasteiger partial charge in [0.05, 0.1) is 30.4 Å². The number of halogens is 1. The molecule has 0 aromatic carbocycles. The first-order chi connectivity index (χ1) is 9.52. The van der Waals surface area contributed by atoms with Crippen molar-refractivity contribution in [2.24, 2.45) is 5.10 Å². The highest BCUT2D eigenvalue weighted by Gasteiger charge is 2.50.